The van der Waals surface area contributed by atoms with E-state index in [2.05, 4.69) is 12.0 Å². The summed E-state index contributed by atoms with van der Waals surface area (Å²) in [5, 5.41) is 14.8. The molecule has 1 aromatic heterocycles. The zero-order chi connectivity index (χ0) is 14.5. The number of methoxy groups -OCH3 is 1. The minimum Gasteiger partial charge on any atom is -0.493 e. The van der Waals surface area contributed by atoms with Crippen molar-refractivity contribution in [2.45, 2.75) is 58.0 Å². The largest absolute Gasteiger partial charge is 0.493 e. The van der Waals surface area contributed by atoms with E-state index in [0.717, 1.165) is 24.5 Å². The zero-order valence-corrected chi connectivity index (χ0v) is 13.0. The van der Waals surface area contributed by atoms with Gasteiger partial charge in [0.1, 0.15) is 11.8 Å². The fraction of sp³-hybridized carbons (Fsp3) is 0.812. The van der Waals surface area contributed by atoms with E-state index in [1.807, 2.05) is 7.05 Å². The summed E-state index contributed by atoms with van der Waals surface area (Å²) < 4.78 is 7.05. The number of ether oxygens (including phenoxy) is 1. The molecule has 1 aliphatic carbocycles. The lowest BCUT2D eigenvalue weighted by Crippen LogP contribution is -2.22. The van der Waals surface area contributed by atoms with Crippen LogP contribution in [-0.4, -0.2) is 22.0 Å². The molecule has 1 fully saturated rings. The SMILES string of the molecule is CCCCC1CCC(C(O)c2c(OC)cnn2C)CC1. The molecule has 20 heavy (non-hydrogen) atoms. The molecule has 1 aliphatic rings. The minimum atomic E-state index is -0.454. The average molecular weight is 280 g/mol. The van der Waals surface area contributed by atoms with Crippen molar-refractivity contribution >= 4 is 0 Å². The third-order valence-electron chi connectivity index (χ3n) is 4.75. The van der Waals surface area contributed by atoms with Gasteiger partial charge in [-0.3, -0.25) is 4.68 Å². The van der Waals surface area contributed by atoms with Gasteiger partial charge >= 0.3 is 0 Å². The Morgan fingerprint density at radius 1 is 1.40 bits per heavy atom. The molecule has 1 saturated carbocycles. The quantitative estimate of drug-likeness (QED) is 0.868. The Balaban J connectivity index is 1.94. The average Bonchev–Trinajstić information content (AvgIpc) is 2.86. The van der Waals surface area contributed by atoms with Crippen molar-refractivity contribution in [2.75, 3.05) is 7.11 Å². The molecular weight excluding hydrogens is 252 g/mol. The maximum atomic E-state index is 10.6. The molecule has 1 aromatic rings. The molecule has 0 spiro atoms. The third-order valence-corrected chi connectivity index (χ3v) is 4.75. The van der Waals surface area contributed by atoms with Crippen molar-refractivity contribution in [3.05, 3.63) is 11.9 Å². The number of aliphatic hydroxyl groups is 1. The standard InChI is InChI=1S/C16H28N2O2/c1-4-5-6-12-7-9-13(10-8-12)16(19)15-14(20-3)11-17-18(15)2/h11-13,16,19H,4-10H2,1-3H3. The summed E-state index contributed by atoms with van der Waals surface area (Å²) in [4.78, 5) is 0. The number of aliphatic hydroxyl groups excluding tert-OH is 1. The van der Waals surface area contributed by atoms with Gasteiger partial charge in [0.2, 0.25) is 0 Å². The smallest absolute Gasteiger partial charge is 0.162 e. The Hall–Kier alpha value is -1.03. The van der Waals surface area contributed by atoms with Crippen LogP contribution in [0.2, 0.25) is 0 Å². The molecule has 1 N–H and O–H groups in total. The van der Waals surface area contributed by atoms with Crippen LogP contribution in [0.1, 0.15) is 63.7 Å². The second kappa shape index (κ2) is 7.11. The molecule has 0 radical (unpaired) electrons. The lowest BCUT2D eigenvalue weighted by molar-refractivity contribution is 0.0636. The summed E-state index contributed by atoms with van der Waals surface area (Å²) in [7, 11) is 3.50. The summed E-state index contributed by atoms with van der Waals surface area (Å²) in [6.07, 6.45) is 9.95. The lowest BCUT2D eigenvalue weighted by atomic mass is 9.77. The summed E-state index contributed by atoms with van der Waals surface area (Å²) in [6.45, 7) is 2.25. The molecule has 1 heterocycles. The van der Waals surface area contributed by atoms with E-state index in [1.54, 1.807) is 18.0 Å². The van der Waals surface area contributed by atoms with E-state index >= 15 is 0 Å². The maximum absolute atomic E-state index is 10.6. The van der Waals surface area contributed by atoms with Crippen molar-refractivity contribution in [3.63, 3.8) is 0 Å². The van der Waals surface area contributed by atoms with Crippen LogP contribution in [0.5, 0.6) is 5.75 Å². The third kappa shape index (κ3) is 3.35. The predicted octanol–water partition coefficient (Wildman–Crippen LogP) is 3.46. The summed E-state index contributed by atoms with van der Waals surface area (Å²) >= 11 is 0. The minimum absolute atomic E-state index is 0.345. The molecule has 114 valence electrons. The summed E-state index contributed by atoms with van der Waals surface area (Å²) in [5.41, 5.74) is 0.824. The van der Waals surface area contributed by atoms with E-state index in [9.17, 15) is 5.11 Å². The number of rotatable bonds is 6. The number of aromatic nitrogens is 2. The monoisotopic (exact) mass is 280 g/mol. The number of hydrogen-bond donors (Lipinski definition) is 1. The van der Waals surface area contributed by atoms with Gasteiger partial charge in [-0.15, -0.1) is 0 Å². The zero-order valence-electron chi connectivity index (χ0n) is 13.0. The van der Waals surface area contributed by atoms with Gasteiger partial charge in [0.15, 0.2) is 5.75 Å². The van der Waals surface area contributed by atoms with Crippen LogP contribution in [-0.2, 0) is 7.05 Å². The Labute approximate surface area is 122 Å². The van der Waals surface area contributed by atoms with Gasteiger partial charge in [0, 0.05) is 7.05 Å². The van der Waals surface area contributed by atoms with E-state index in [-0.39, 0.29) is 0 Å². The van der Waals surface area contributed by atoms with Crippen LogP contribution >= 0.6 is 0 Å². The van der Waals surface area contributed by atoms with E-state index in [4.69, 9.17) is 4.74 Å². The van der Waals surface area contributed by atoms with Crippen LogP contribution in [0.4, 0.5) is 0 Å². The molecule has 4 heteroatoms. The highest BCUT2D eigenvalue weighted by Gasteiger charge is 2.30. The van der Waals surface area contributed by atoms with E-state index in [0.29, 0.717) is 11.7 Å². The first-order valence-corrected chi connectivity index (χ1v) is 7.91. The molecule has 0 aliphatic heterocycles. The van der Waals surface area contributed by atoms with Crippen molar-refractivity contribution in [3.8, 4) is 5.75 Å². The first-order valence-electron chi connectivity index (χ1n) is 7.91. The van der Waals surface area contributed by atoms with Crippen molar-refractivity contribution in [1.29, 1.82) is 0 Å². The maximum Gasteiger partial charge on any atom is 0.162 e. The Bertz CT molecular complexity index is 409. The molecule has 0 bridgehead atoms. The predicted molar refractivity (Wildman–Crippen MR) is 79.7 cm³/mol. The van der Waals surface area contributed by atoms with Crippen LogP contribution in [0.25, 0.3) is 0 Å². The van der Waals surface area contributed by atoms with Crippen molar-refractivity contribution < 1.29 is 9.84 Å². The van der Waals surface area contributed by atoms with Crippen LogP contribution < -0.4 is 4.74 Å². The molecule has 1 unspecified atom stereocenters. The van der Waals surface area contributed by atoms with Crippen LogP contribution in [0, 0.1) is 11.8 Å². The molecule has 1 atom stereocenters. The topological polar surface area (TPSA) is 47.3 Å². The van der Waals surface area contributed by atoms with Crippen LogP contribution in [0.3, 0.4) is 0 Å². The summed E-state index contributed by atoms with van der Waals surface area (Å²) in [6, 6.07) is 0. The second-order valence-electron chi connectivity index (χ2n) is 6.09. The highest BCUT2D eigenvalue weighted by atomic mass is 16.5. The molecule has 0 amide bonds. The first-order chi connectivity index (χ1) is 9.67. The highest BCUT2D eigenvalue weighted by Crippen LogP contribution is 2.40. The second-order valence-corrected chi connectivity index (χ2v) is 6.09. The van der Waals surface area contributed by atoms with Crippen molar-refractivity contribution in [2.24, 2.45) is 18.9 Å². The number of hydrogen-bond acceptors (Lipinski definition) is 3. The van der Waals surface area contributed by atoms with Gasteiger partial charge in [-0.2, -0.15) is 5.10 Å². The highest BCUT2D eigenvalue weighted by molar-refractivity contribution is 5.27. The molecule has 4 nitrogen and oxygen atoms in total. The van der Waals surface area contributed by atoms with Gasteiger partial charge in [-0.1, -0.05) is 39.0 Å². The van der Waals surface area contributed by atoms with Crippen LogP contribution in [0.15, 0.2) is 6.20 Å². The van der Waals surface area contributed by atoms with Gasteiger partial charge in [0.05, 0.1) is 13.3 Å². The van der Waals surface area contributed by atoms with Gasteiger partial charge < -0.3 is 9.84 Å². The fourth-order valence-electron chi connectivity index (χ4n) is 3.43. The normalized spacial score (nSPS) is 24.6. The summed E-state index contributed by atoms with van der Waals surface area (Å²) in [5.74, 6) is 1.91. The van der Waals surface area contributed by atoms with Gasteiger partial charge in [-0.25, -0.2) is 0 Å². The van der Waals surface area contributed by atoms with E-state index < -0.39 is 6.10 Å². The Kier molecular flexibility index (Phi) is 5.46. The van der Waals surface area contributed by atoms with E-state index in [1.165, 1.54) is 32.1 Å². The number of aryl methyl sites for hydroxylation is 1. The lowest BCUT2D eigenvalue weighted by Gasteiger charge is -2.31. The molecule has 0 aromatic carbocycles. The molecule has 0 saturated heterocycles. The van der Waals surface area contributed by atoms with Gasteiger partial charge in [0.25, 0.3) is 0 Å². The number of unbranched alkanes of at least 4 members (excludes halogenated alkanes) is 1. The fourth-order valence-corrected chi connectivity index (χ4v) is 3.43. The Morgan fingerprint density at radius 2 is 2.10 bits per heavy atom. The first kappa shape index (κ1) is 15.4. The Morgan fingerprint density at radius 3 is 2.70 bits per heavy atom. The molecule has 2 rings (SSSR count). The van der Waals surface area contributed by atoms with Crippen molar-refractivity contribution in [1.82, 2.24) is 9.78 Å². The number of nitrogens with zero attached hydrogens (tertiary/aromatic N) is 2. The van der Waals surface area contributed by atoms with Gasteiger partial charge in [-0.05, 0) is 24.7 Å². The molecular formula is C16H28N2O2.